The van der Waals surface area contributed by atoms with Crippen LogP contribution in [0.3, 0.4) is 0 Å². The standard InChI is InChI=1S/C10H15N7O/c1-6(3-7(11)12)16(2)8-4-9-14-15-10(18)17(9)5-13-8/h4-6H,3H2,1-2H3,(H3,11,12)(H,15,18). The van der Waals surface area contributed by atoms with Gasteiger partial charge in [-0.05, 0) is 6.92 Å². The van der Waals surface area contributed by atoms with Crippen molar-refractivity contribution in [3.8, 4) is 0 Å². The highest BCUT2D eigenvalue weighted by Gasteiger charge is 2.13. The van der Waals surface area contributed by atoms with Gasteiger partial charge in [-0.25, -0.2) is 19.3 Å². The monoisotopic (exact) mass is 249 g/mol. The summed E-state index contributed by atoms with van der Waals surface area (Å²) in [6, 6.07) is 1.75. The molecule has 0 fully saturated rings. The average Bonchev–Trinajstić information content (AvgIpc) is 2.69. The lowest BCUT2D eigenvalue weighted by Crippen LogP contribution is -2.33. The number of nitrogens with two attached hydrogens (primary N) is 1. The Morgan fingerprint density at radius 1 is 1.72 bits per heavy atom. The number of hydrogen-bond donors (Lipinski definition) is 3. The molecule has 0 amide bonds. The van der Waals surface area contributed by atoms with Crippen molar-refractivity contribution in [2.45, 2.75) is 19.4 Å². The van der Waals surface area contributed by atoms with Crippen molar-refractivity contribution in [3.63, 3.8) is 0 Å². The number of fused-ring (bicyclic) bond motifs is 1. The van der Waals surface area contributed by atoms with Crippen molar-refractivity contribution in [3.05, 3.63) is 22.9 Å². The Labute approximate surface area is 103 Å². The molecule has 0 bridgehead atoms. The maximum absolute atomic E-state index is 11.3. The fourth-order valence-electron chi connectivity index (χ4n) is 1.67. The van der Waals surface area contributed by atoms with Gasteiger partial charge < -0.3 is 10.6 Å². The lowest BCUT2D eigenvalue weighted by Gasteiger charge is -2.25. The summed E-state index contributed by atoms with van der Waals surface area (Å²) in [5.74, 6) is 0.807. The molecular weight excluding hydrogens is 234 g/mol. The van der Waals surface area contributed by atoms with Gasteiger partial charge in [0.15, 0.2) is 5.65 Å². The van der Waals surface area contributed by atoms with Crippen LogP contribution in [-0.2, 0) is 0 Å². The highest BCUT2D eigenvalue weighted by atomic mass is 16.1. The number of hydrogen-bond acceptors (Lipinski definition) is 5. The quantitative estimate of drug-likeness (QED) is 0.502. The molecule has 4 N–H and O–H groups in total. The predicted molar refractivity (Wildman–Crippen MR) is 68.0 cm³/mol. The van der Waals surface area contributed by atoms with E-state index < -0.39 is 0 Å². The maximum Gasteiger partial charge on any atom is 0.348 e. The number of nitrogens with zero attached hydrogens (tertiary/aromatic N) is 4. The second-order valence-corrected chi connectivity index (χ2v) is 4.19. The third-order valence-electron chi connectivity index (χ3n) is 2.83. The average molecular weight is 249 g/mol. The van der Waals surface area contributed by atoms with E-state index in [0.29, 0.717) is 17.9 Å². The molecule has 2 aromatic heterocycles. The summed E-state index contributed by atoms with van der Waals surface area (Å²) in [6.45, 7) is 1.95. The van der Waals surface area contributed by atoms with Crippen molar-refractivity contribution in [2.24, 2.45) is 5.73 Å². The van der Waals surface area contributed by atoms with Crippen molar-refractivity contribution < 1.29 is 0 Å². The topological polar surface area (TPSA) is 116 Å². The molecule has 0 saturated heterocycles. The van der Waals surface area contributed by atoms with Crippen LogP contribution in [0.1, 0.15) is 13.3 Å². The normalized spacial score (nSPS) is 12.6. The zero-order chi connectivity index (χ0) is 13.3. The minimum Gasteiger partial charge on any atom is -0.388 e. The van der Waals surface area contributed by atoms with Gasteiger partial charge in [-0.15, -0.1) is 0 Å². The number of nitrogens with one attached hydrogen (secondary N) is 2. The van der Waals surface area contributed by atoms with Gasteiger partial charge in [0, 0.05) is 25.6 Å². The Kier molecular flexibility index (Phi) is 3.00. The molecule has 8 heteroatoms. The van der Waals surface area contributed by atoms with Crippen LogP contribution in [0.15, 0.2) is 17.2 Å². The second-order valence-electron chi connectivity index (χ2n) is 4.19. The Morgan fingerprint density at radius 3 is 3.11 bits per heavy atom. The van der Waals surface area contributed by atoms with Crippen molar-refractivity contribution >= 4 is 17.3 Å². The van der Waals surface area contributed by atoms with Crippen LogP contribution in [0.25, 0.3) is 5.65 Å². The summed E-state index contributed by atoms with van der Waals surface area (Å²) >= 11 is 0. The smallest absolute Gasteiger partial charge is 0.348 e. The molecule has 0 aromatic carbocycles. The van der Waals surface area contributed by atoms with Crippen LogP contribution >= 0.6 is 0 Å². The van der Waals surface area contributed by atoms with Crippen LogP contribution in [0.4, 0.5) is 5.82 Å². The summed E-state index contributed by atoms with van der Waals surface area (Å²) in [7, 11) is 1.86. The molecule has 0 spiro atoms. The van der Waals surface area contributed by atoms with Crippen molar-refractivity contribution in [1.29, 1.82) is 5.41 Å². The number of anilines is 1. The summed E-state index contributed by atoms with van der Waals surface area (Å²) in [5, 5.41) is 13.5. The van der Waals surface area contributed by atoms with Crippen molar-refractivity contribution in [1.82, 2.24) is 19.6 Å². The SMILES string of the molecule is CC(CC(=N)N)N(C)c1cc2n[nH]c(=O)n2cn1. The van der Waals surface area contributed by atoms with Gasteiger partial charge in [-0.3, -0.25) is 5.41 Å². The Balaban J connectivity index is 2.30. The van der Waals surface area contributed by atoms with Crippen LogP contribution in [0.5, 0.6) is 0 Å². The molecule has 1 unspecified atom stereocenters. The van der Waals surface area contributed by atoms with E-state index in [-0.39, 0.29) is 17.6 Å². The van der Waals surface area contributed by atoms with Crippen LogP contribution in [-0.4, -0.2) is 38.5 Å². The molecule has 0 aliphatic carbocycles. The summed E-state index contributed by atoms with van der Waals surface area (Å²) in [6.07, 6.45) is 1.88. The molecule has 0 saturated carbocycles. The minimum atomic E-state index is -0.316. The van der Waals surface area contributed by atoms with Crippen molar-refractivity contribution in [2.75, 3.05) is 11.9 Å². The van der Waals surface area contributed by atoms with Gasteiger partial charge in [-0.2, -0.15) is 5.10 Å². The highest BCUT2D eigenvalue weighted by Crippen LogP contribution is 2.14. The van der Waals surface area contributed by atoms with Gasteiger partial charge in [0.25, 0.3) is 0 Å². The molecule has 1 atom stereocenters. The van der Waals surface area contributed by atoms with E-state index in [1.165, 1.54) is 10.7 Å². The first-order valence-electron chi connectivity index (χ1n) is 5.47. The number of amidine groups is 1. The summed E-state index contributed by atoms with van der Waals surface area (Å²) < 4.78 is 1.33. The zero-order valence-corrected chi connectivity index (χ0v) is 10.2. The first-order valence-corrected chi connectivity index (χ1v) is 5.47. The molecule has 96 valence electrons. The van der Waals surface area contributed by atoms with Gasteiger partial charge in [0.2, 0.25) is 0 Å². The number of aromatic nitrogens is 4. The van der Waals surface area contributed by atoms with E-state index in [4.69, 9.17) is 11.1 Å². The molecule has 2 rings (SSSR count). The number of aromatic amines is 1. The predicted octanol–water partition coefficient (Wildman–Crippen LogP) is -0.432. The lowest BCUT2D eigenvalue weighted by atomic mass is 10.2. The summed E-state index contributed by atoms with van der Waals surface area (Å²) in [5.41, 5.74) is 5.57. The fourth-order valence-corrected chi connectivity index (χ4v) is 1.67. The van der Waals surface area contributed by atoms with Crippen LogP contribution < -0.4 is 16.3 Å². The van der Waals surface area contributed by atoms with Gasteiger partial charge in [-0.1, -0.05) is 0 Å². The lowest BCUT2D eigenvalue weighted by molar-refractivity contribution is 0.698. The molecule has 0 aliphatic rings. The van der Waals surface area contributed by atoms with E-state index in [1.54, 1.807) is 6.07 Å². The Hall–Kier alpha value is -2.38. The molecule has 0 radical (unpaired) electrons. The Morgan fingerprint density at radius 2 is 2.44 bits per heavy atom. The third kappa shape index (κ3) is 2.17. The van der Waals surface area contributed by atoms with Gasteiger partial charge in [0.1, 0.15) is 12.1 Å². The number of rotatable bonds is 4. The van der Waals surface area contributed by atoms with Crippen LogP contribution in [0.2, 0.25) is 0 Å². The fraction of sp³-hybridized carbons (Fsp3) is 0.400. The van der Waals surface area contributed by atoms with E-state index in [0.717, 1.165) is 0 Å². The van der Waals surface area contributed by atoms with Gasteiger partial charge >= 0.3 is 5.69 Å². The van der Waals surface area contributed by atoms with E-state index in [9.17, 15) is 4.79 Å². The Bertz CT molecular complexity index is 628. The molecular formula is C10H15N7O. The third-order valence-corrected chi connectivity index (χ3v) is 2.83. The first kappa shape index (κ1) is 12.1. The largest absolute Gasteiger partial charge is 0.388 e. The second kappa shape index (κ2) is 4.47. The zero-order valence-electron chi connectivity index (χ0n) is 10.2. The first-order chi connectivity index (χ1) is 8.49. The molecule has 2 heterocycles. The minimum absolute atomic E-state index is 0.0445. The molecule has 2 aromatic rings. The maximum atomic E-state index is 11.3. The van der Waals surface area contributed by atoms with E-state index in [2.05, 4.69) is 15.2 Å². The van der Waals surface area contributed by atoms with E-state index in [1.807, 2.05) is 18.9 Å². The van der Waals surface area contributed by atoms with E-state index >= 15 is 0 Å². The number of H-pyrrole nitrogens is 1. The molecule has 8 nitrogen and oxygen atoms in total. The van der Waals surface area contributed by atoms with Crippen LogP contribution in [0, 0.1) is 5.41 Å². The molecule has 0 aliphatic heterocycles. The summed E-state index contributed by atoms with van der Waals surface area (Å²) in [4.78, 5) is 17.4. The van der Waals surface area contributed by atoms with Gasteiger partial charge in [0.05, 0.1) is 5.84 Å². The molecule has 18 heavy (non-hydrogen) atoms. The highest BCUT2D eigenvalue weighted by molar-refractivity contribution is 5.77.